The maximum atomic E-state index is 13.1. The van der Waals surface area contributed by atoms with E-state index in [0.29, 0.717) is 5.56 Å². The lowest BCUT2D eigenvalue weighted by Gasteiger charge is -2.24. The number of rotatable bonds is 14. The molecule has 0 radical (unpaired) electrons. The van der Waals surface area contributed by atoms with Crippen molar-refractivity contribution in [3.8, 4) is 0 Å². The summed E-state index contributed by atoms with van der Waals surface area (Å²) in [5.74, 6) is -6.79. The van der Waals surface area contributed by atoms with Crippen molar-refractivity contribution >= 4 is 59.1 Å². The van der Waals surface area contributed by atoms with E-state index >= 15 is 0 Å². The molecule has 10 N–H and O–H groups in total. The molecule has 4 atom stereocenters. The summed E-state index contributed by atoms with van der Waals surface area (Å²) >= 11 is 3.91. The van der Waals surface area contributed by atoms with Gasteiger partial charge in [-0.3, -0.25) is 24.0 Å². The van der Waals surface area contributed by atoms with Crippen LogP contribution >= 0.6 is 12.6 Å². The number of para-hydroxylation sites is 1. The summed E-state index contributed by atoms with van der Waals surface area (Å²) in [6.45, 7) is 0. The topological polar surface area (TPSA) is 247 Å². The molecule has 37 heavy (non-hydrogen) atoms. The Morgan fingerprint density at radius 2 is 1.49 bits per heavy atom. The molecule has 15 heteroatoms. The predicted molar refractivity (Wildman–Crippen MR) is 133 cm³/mol. The molecule has 0 saturated heterocycles. The van der Waals surface area contributed by atoms with Gasteiger partial charge in [-0.2, -0.15) is 12.6 Å². The number of carboxylic acid groups (broad SMARTS) is 2. The monoisotopic (exact) mass is 536 g/mol. The average molecular weight is 537 g/mol. The Hall–Kier alpha value is -4.11. The fraction of sp³-hybridized carbons (Fsp3) is 0.364. The molecule has 0 spiro atoms. The summed E-state index contributed by atoms with van der Waals surface area (Å²) in [5, 5.41) is 25.8. The molecule has 200 valence electrons. The van der Waals surface area contributed by atoms with Gasteiger partial charge in [-0.25, -0.2) is 4.79 Å². The number of hydrogen-bond donors (Lipinski definition) is 9. The number of carbonyl (C=O) groups excluding carboxylic acids is 4. The van der Waals surface area contributed by atoms with Crippen molar-refractivity contribution in [3.05, 3.63) is 36.0 Å². The number of H-pyrrole nitrogens is 1. The van der Waals surface area contributed by atoms with Crippen LogP contribution in [0.15, 0.2) is 30.5 Å². The molecule has 0 fully saturated rings. The Morgan fingerprint density at radius 3 is 2.08 bits per heavy atom. The first-order chi connectivity index (χ1) is 17.4. The first-order valence-corrected chi connectivity index (χ1v) is 11.6. The third kappa shape index (κ3) is 8.50. The number of carbonyl (C=O) groups is 6. The summed E-state index contributed by atoms with van der Waals surface area (Å²) in [5.41, 5.74) is 12.1. The average Bonchev–Trinajstić information content (AvgIpc) is 3.24. The summed E-state index contributed by atoms with van der Waals surface area (Å²) in [6, 6.07) is 1.29. The number of amides is 4. The van der Waals surface area contributed by atoms with Crippen molar-refractivity contribution in [1.82, 2.24) is 20.9 Å². The van der Waals surface area contributed by atoms with E-state index in [9.17, 15) is 33.9 Å². The second-order valence-corrected chi connectivity index (χ2v) is 8.51. The Morgan fingerprint density at radius 1 is 0.892 bits per heavy atom. The predicted octanol–water partition coefficient (Wildman–Crippen LogP) is -2.14. The number of hydrogen-bond acceptors (Lipinski definition) is 8. The maximum Gasteiger partial charge on any atom is 0.326 e. The minimum atomic E-state index is -1.78. The lowest BCUT2D eigenvalue weighted by molar-refractivity contribution is -0.147. The van der Waals surface area contributed by atoms with Gasteiger partial charge in [0.15, 0.2) is 0 Å². The number of carboxylic acids is 2. The Balaban J connectivity index is 2.34. The fourth-order valence-electron chi connectivity index (χ4n) is 3.42. The molecule has 1 aromatic carbocycles. The Bertz CT molecular complexity index is 1180. The van der Waals surface area contributed by atoms with Gasteiger partial charge in [0, 0.05) is 29.3 Å². The summed E-state index contributed by atoms with van der Waals surface area (Å²) in [4.78, 5) is 75.3. The largest absolute Gasteiger partial charge is 0.481 e. The smallest absolute Gasteiger partial charge is 0.326 e. The van der Waals surface area contributed by atoms with Gasteiger partial charge in [0.05, 0.1) is 18.9 Å². The van der Waals surface area contributed by atoms with E-state index in [4.69, 9.17) is 16.6 Å². The molecule has 4 amide bonds. The maximum absolute atomic E-state index is 13.1. The van der Waals surface area contributed by atoms with E-state index in [1.54, 1.807) is 30.5 Å². The van der Waals surface area contributed by atoms with Crippen molar-refractivity contribution in [2.75, 3.05) is 5.75 Å². The van der Waals surface area contributed by atoms with Gasteiger partial charge in [0.25, 0.3) is 0 Å². The summed E-state index contributed by atoms with van der Waals surface area (Å²) in [7, 11) is 0. The molecule has 4 unspecified atom stereocenters. The van der Waals surface area contributed by atoms with Crippen molar-refractivity contribution in [3.63, 3.8) is 0 Å². The second kappa shape index (κ2) is 13.3. The molecule has 0 aliphatic carbocycles. The third-order valence-corrected chi connectivity index (χ3v) is 5.69. The van der Waals surface area contributed by atoms with E-state index in [0.717, 1.165) is 10.9 Å². The highest BCUT2D eigenvalue weighted by Gasteiger charge is 2.32. The van der Waals surface area contributed by atoms with Crippen LogP contribution in [0.5, 0.6) is 0 Å². The van der Waals surface area contributed by atoms with Gasteiger partial charge in [-0.15, -0.1) is 0 Å². The second-order valence-electron chi connectivity index (χ2n) is 8.14. The lowest BCUT2D eigenvalue weighted by atomic mass is 10.0. The van der Waals surface area contributed by atoms with Gasteiger partial charge in [0.1, 0.15) is 18.1 Å². The molecular weight excluding hydrogens is 508 g/mol. The van der Waals surface area contributed by atoms with Crippen LogP contribution in [-0.2, 0) is 35.2 Å². The number of thiol groups is 1. The number of primary amides is 1. The van der Waals surface area contributed by atoms with Gasteiger partial charge < -0.3 is 42.6 Å². The van der Waals surface area contributed by atoms with Crippen LogP contribution in [0.2, 0.25) is 0 Å². The van der Waals surface area contributed by atoms with Gasteiger partial charge in [-0.1, -0.05) is 18.2 Å². The van der Waals surface area contributed by atoms with Crippen molar-refractivity contribution in [2.45, 2.75) is 43.4 Å². The first-order valence-electron chi connectivity index (χ1n) is 11.0. The minimum absolute atomic E-state index is 0.0531. The molecule has 2 rings (SSSR count). The number of aliphatic carboxylic acids is 2. The Labute approximate surface area is 215 Å². The van der Waals surface area contributed by atoms with Gasteiger partial charge in [0.2, 0.25) is 23.6 Å². The highest BCUT2D eigenvalue weighted by molar-refractivity contribution is 7.80. The van der Waals surface area contributed by atoms with E-state index in [-0.39, 0.29) is 12.2 Å². The van der Waals surface area contributed by atoms with E-state index in [1.807, 2.05) is 0 Å². The number of nitrogens with one attached hydrogen (secondary N) is 4. The highest BCUT2D eigenvalue weighted by atomic mass is 32.1. The zero-order valence-corrected chi connectivity index (χ0v) is 20.4. The molecule has 0 aliphatic rings. The van der Waals surface area contributed by atoms with Crippen molar-refractivity contribution in [1.29, 1.82) is 0 Å². The standard InChI is InChI=1S/C22H28N6O8S/c23-12(9-37)19(32)26-15(6-17(24)29)21(34)27-14(20(33)28-16(22(35)36)7-18(30)31)5-10-8-25-13-4-2-1-3-11(10)13/h1-4,8,12,14-16,25,37H,5-7,9,23H2,(H2,24,29)(H,26,32)(H,27,34)(H,28,33)(H,30,31)(H,35,36). The van der Waals surface area contributed by atoms with Crippen LogP contribution in [0, 0.1) is 0 Å². The highest BCUT2D eigenvalue weighted by Crippen LogP contribution is 2.19. The lowest BCUT2D eigenvalue weighted by Crippen LogP contribution is -2.58. The number of benzene rings is 1. The third-order valence-electron chi connectivity index (χ3n) is 5.30. The Kier molecular flexibility index (Phi) is 10.4. The minimum Gasteiger partial charge on any atom is -0.481 e. The molecule has 14 nitrogen and oxygen atoms in total. The number of fused-ring (bicyclic) bond motifs is 1. The van der Waals surface area contributed by atoms with Crippen LogP contribution in [-0.4, -0.2) is 80.7 Å². The quantitative estimate of drug-likeness (QED) is 0.119. The number of aromatic nitrogens is 1. The molecule has 1 heterocycles. The fourth-order valence-corrected chi connectivity index (χ4v) is 3.59. The first kappa shape index (κ1) is 29.1. The summed E-state index contributed by atoms with van der Waals surface area (Å²) in [6.07, 6.45) is -0.0718. The van der Waals surface area contributed by atoms with E-state index in [2.05, 4.69) is 33.6 Å². The van der Waals surface area contributed by atoms with Crippen LogP contribution in [0.1, 0.15) is 18.4 Å². The zero-order chi connectivity index (χ0) is 27.7. The number of nitrogens with two attached hydrogens (primary N) is 2. The van der Waals surface area contributed by atoms with Crippen LogP contribution in [0.25, 0.3) is 10.9 Å². The summed E-state index contributed by atoms with van der Waals surface area (Å²) < 4.78 is 0. The molecule has 0 saturated carbocycles. The molecule has 0 bridgehead atoms. The van der Waals surface area contributed by atoms with Crippen molar-refractivity contribution in [2.24, 2.45) is 11.5 Å². The van der Waals surface area contributed by atoms with Crippen LogP contribution in [0.4, 0.5) is 0 Å². The molecular formula is C22H28N6O8S. The normalized spacial score (nSPS) is 14.1. The molecule has 2 aromatic rings. The van der Waals surface area contributed by atoms with Gasteiger partial charge in [-0.05, 0) is 11.6 Å². The SMILES string of the molecule is NC(=O)CC(NC(=O)C(N)CS)C(=O)NC(Cc1c[nH]c2ccccc12)C(=O)NC(CC(=O)O)C(=O)O. The van der Waals surface area contributed by atoms with E-state index < -0.39 is 72.6 Å². The molecule has 0 aliphatic heterocycles. The molecule has 1 aromatic heterocycles. The van der Waals surface area contributed by atoms with Crippen LogP contribution in [0.3, 0.4) is 0 Å². The van der Waals surface area contributed by atoms with Crippen molar-refractivity contribution < 1.29 is 39.0 Å². The van der Waals surface area contributed by atoms with E-state index in [1.165, 1.54) is 0 Å². The van der Waals surface area contributed by atoms with Crippen LogP contribution < -0.4 is 27.4 Å². The van der Waals surface area contributed by atoms with Gasteiger partial charge >= 0.3 is 11.9 Å². The zero-order valence-electron chi connectivity index (χ0n) is 19.5. The number of aromatic amines is 1.